The first-order valence-electron chi connectivity index (χ1n) is 8.24. The lowest BCUT2D eigenvalue weighted by molar-refractivity contribution is -0.138. The molecular weight excluding hydrogens is 453 g/mol. The number of carbonyl (C=O) groups excluding carboxylic acids is 1. The normalized spacial score (nSPS) is 11.3. The summed E-state index contributed by atoms with van der Waals surface area (Å²) in [6.07, 6.45) is -1.40. The minimum Gasteiger partial charge on any atom is -0.329 e. The van der Waals surface area contributed by atoms with Gasteiger partial charge >= 0.3 is 6.18 Å². The number of hydrazine groups is 1. The van der Waals surface area contributed by atoms with E-state index in [1.807, 2.05) is 0 Å². The number of hydrogen-bond acceptors (Lipinski definition) is 4. The van der Waals surface area contributed by atoms with Crippen molar-refractivity contribution >= 4 is 27.5 Å². The van der Waals surface area contributed by atoms with E-state index in [1.54, 1.807) is 6.07 Å². The highest BCUT2D eigenvalue weighted by Gasteiger charge is 2.34. The number of nitrogens with zero attached hydrogens (tertiary/aromatic N) is 2. The molecule has 0 saturated carbocycles. The van der Waals surface area contributed by atoms with Crippen LogP contribution in [0.25, 0.3) is 0 Å². The van der Waals surface area contributed by atoms with Gasteiger partial charge in [-0.3, -0.25) is 14.6 Å². The first-order chi connectivity index (χ1) is 13.7. The fraction of sp³-hybridized carbons (Fsp3) is 0.105. The molecule has 1 amide bonds. The molecule has 0 radical (unpaired) electrons. The molecular formula is C19H14BrF3N4O2. The predicted octanol–water partition coefficient (Wildman–Crippen LogP) is 3.66. The van der Waals surface area contributed by atoms with E-state index in [4.69, 9.17) is 5.84 Å². The average molecular weight is 467 g/mol. The third-order valence-corrected chi connectivity index (χ3v) is 4.78. The third-order valence-electron chi connectivity index (χ3n) is 4.09. The molecule has 1 aromatic carbocycles. The molecule has 0 fully saturated rings. The fourth-order valence-corrected chi connectivity index (χ4v) is 3.12. The summed E-state index contributed by atoms with van der Waals surface area (Å²) in [5, 5.41) is 0.648. The fourth-order valence-electron chi connectivity index (χ4n) is 2.65. The Bertz CT molecular complexity index is 1090. The van der Waals surface area contributed by atoms with Gasteiger partial charge in [-0.2, -0.15) is 13.2 Å². The number of carbonyl (C=O) groups is 1. The van der Waals surface area contributed by atoms with Crippen molar-refractivity contribution in [1.82, 2.24) is 9.97 Å². The highest BCUT2D eigenvalue weighted by Crippen LogP contribution is 2.37. The minimum absolute atomic E-state index is 0.121. The van der Waals surface area contributed by atoms with Gasteiger partial charge in [0.25, 0.3) is 5.91 Å². The maximum Gasteiger partial charge on any atom is 0.417 e. The van der Waals surface area contributed by atoms with Crippen LogP contribution in [0.2, 0.25) is 0 Å². The maximum atomic E-state index is 13.1. The predicted molar refractivity (Wildman–Crippen MR) is 104 cm³/mol. The highest BCUT2D eigenvalue weighted by atomic mass is 79.9. The second kappa shape index (κ2) is 8.18. The zero-order chi connectivity index (χ0) is 21.2. The van der Waals surface area contributed by atoms with E-state index in [-0.39, 0.29) is 27.7 Å². The SMILES string of the molecule is NN(C(=O)c1cccnc1Cc1ccc(=O)[nH]c1)c1ccc(Br)c(C(F)(F)F)c1. The van der Waals surface area contributed by atoms with Gasteiger partial charge in [0, 0.05) is 29.4 Å². The summed E-state index contributed by atoms with van der Waals surface area (Å²) >= 11 is 2.85. The molecule has 0 unspecified atom stereocenters. The topological polar surface area (TPSA) is 92.1 Å². The van der Waals surface area contributed by atoms with E-state index in [1.165, 1.54) is 42.7 Å². The maximum absolute atomic E-state index is 13.1. The quantitative estimate of drug-likeness (QED) is 0.348. The molecule has 29 heavy (non-hydrogen) atoms. The summed E-state index contributed by atoms with van der Waals surface area (Å²) in [4.78, 5) is 30.8. The summed E-state index contributed by atoms with van der Waals surface area (Å²) in [5.41, 5.74) is -0.132. The van der Waals surface area contributed by atoms with E-state index in [0.717, 1.165) is 6.07 Å². The number of anilines is 1. The first-order valence-corrected chi connectivity index (χ1v) is 9.03. The van der Waals surface area contributed by atoms with Gasteiger partial charge in [0.05, 0.1) is 22.5 Å². The Morgan fingerprint density at radius 3 is 2.62 bits per heavy atom. The number of aromatic nitrogens is 2. The average Bonchev–Trinajstić information content (AvgIpc) is 2.68. The number of alkyl halides is 3. The Labute approximate surface area is 171 Å². The van der Waals surface area contributed by atoms with Gasteiger partial charge in [-0.15, -0.1) is 0 Å². The van der Waals surface area contributed by atoms with Crippen LogP contribution in [0.5, 0.6) is 0 Å². The molecule has 150 valence electrons. The lowest BCUT2D eigenvalue weighted by atomic mass is 10.1. The number of halogens is 4. The van der Waals surface area contributed by atoms with Crippen molar-refractivity contribution in [2.45, 2.75) is 12.6 Å². The third kappa shape index (κ3) is 4.72. The molecule has 3 rings (SSSR count). The Morgan fingerprint density at radius 1 is 1.21 bits per heavy atom. The van der Waals surface area contributed by atoms with E-state index in [0.29, 0.717) is 16.3 Å². The minimum atomic E-state index is -4.61. The molecule has 0 spiro atoms. The molecule has 6 nitrogen and oxygen atoms in total. The van der Waals surface area contributed by atoms with Crippen LogP contribution >= 0.6 is 15.9 Å². The monoisotopic (exact) mass is 466 g/mol. The van der Waals surface area contributed by atoms with Crippen molar-refractivity contribution in [2.24, 2.45) is 5.84 Å². The zero-order valence-corrected chi connectivity index (χ0v) is 16.3. The standard InChI is InChI=1S/C19H14BrF3N4O2/c20-15-5-4-12(9-14(15)19(21,22)23)27(24)18(29)13-2-1-7-25-16(13)8-11-3-6-17(28)26-10-11/h1-7,9-10H,8,24H2,(H,26,28). The molecule has 0 atom stereocenters. The zero-order valence-electron chi connectivity index (χ0n) is 14.7. The van der Waals surface area contributed by atoms with Crippen LogP contribution in [0, 0.1) is 0 Å². The number of hydrogen-bond donors (Lipinski definition) is 2. The molecule has 0 saturated heterocycles. The van der Waals surface area contributed by atoms with Gasteiger partial charge in [0.1, 0.15) is 0 Å². The number of pyridine rings is 2. The van der Waals surface area contributed by atoms with Crippen LogP contribution in [0.15, 0.2) is 64.1 Å². The summed E-state index contributed by atoms with van der Waals surface area (Å²) in [5.74, 6) is 5.13. The number of aromatic amines is 1. The molecule has 0 aliphatic rings. The summed E-state index contributed by atoms with van der Waals surface area (Å²) in [6.45, 7) is 0. The molecule has 3 aromatic rings. The lowest BCUT2D eigenvalue weighted by Crippen LogP contribution is -2.38. The Kier molecular flexibility index (Phi) is 5.85. The van der Waals surface area contributed by atoms with Crippen LogP contribution in [-0.4, -0.2) is 15.9 Å². The van der Waals surface area contributed by atoms with Gasteiger partial charge in [0.2, 0.25) is 5.56 Å². The van der Waals surface area contributed by atoms with Crippen molar-refractivity contribution in [3.05, 3.63) is 92.1 Å². The van der Waals surface area contributed by atoms with Crippen molar-refractivity contribution < 1.29 is 18.0 Å². The van der Waals surface area contributed by atoms with E-state index in [2.05, 4.69) is 25.9 Å². The van der Waals surface area contributed by atoms with Crippen molar-refractivity contribution in [2.75, 3.05) is 5.01 Å². The molecule has 0 bridgehead atoms. The molecule has 0 aliphatic carbocycles. The number of rotatable bonds is 4. The summed E-state index contributed by atoms with van der Waals surface area (Å²) in [6, 6.07) is 9.21. The number of nitrogens with two attached hydrogens (primary N) is 1. The van der Waals surface area contributed by atoms with Crippen LogP contribution in [0.3, 0.4) is 0 Å². The molecule has 0 aliphatic heterocycles. The van der Waals surface area contributed by atoms with Crippen LogP contribution in [0.1, 0.15) is 27.2 Å². The van der Waals surface area contributed by atoms with Crippen LogP contribution in [-0.2, 0) is 12.6 Å². The molecule has 2 aromatic heterocycles. The van der Waals surface area contributed by atoms with E-state index >= 15 is 0 Å². The summed E-state index contributed by atoms with van der Waals surface area (Å²) in [7, 11) is 0. The number of nitrogens with one attached hydrogen (secondary N) is 1. The van der Waals surface area contributed by atoms with Crippen molar-refractivity contribution in [1.29, 1.82) is 0 Å². The molecule has 10 heteroatoms. The number of amides is 1. The smallest absolute Gasteiger partial charge is 0.329 e. The van der Waals surface area contributed by atoms with Gasteiger partial charge in [-0.1, -0.05) is 22.0 Å². The van der Waals surface area contributed by atoms with Gasteiger partial charge < -0.3 is 4.98 Å². The van der Waals surface area contributed by atoms with Gasteiger partial charge in [-0.25, -0.2) is 10.9 Å². The van der Waals surface area contributed by atoms with E-state index in [9.17, 15) is 22.8 Å². The number of H-pyrrole nitrogens is 1. The highest BCUT2D eigenvalue weighted by molar-refractivity contribution is 9.10. The Hall–Kier alpha value is -2.98. The van der Waals surface area contributed by atoms with Crippen LogP contribution < -0.4 is 16.4 Å². The summed E-state index contributed by atoms with van der Waals surface area (Å²) < 4.78 is 39.3. The van der Waals surface area contributed by atoms with Crippen LogP contribution in [0.4, 0.5) is 18.9 Å². The molecule has 2 heterocycles. The van der Waals surface area contributed by atoms with Crippen molar-refractivity contribution in [3.63, 3.8) is 0 Å². The first kappa shape index (κ1) is 20.7. The lowest BCUT2D eigenvalue weighted by Gasteiger charge is -2.20. The van der Waals surface area contributed by atoms with Gasteiger partial charge in [0.15, 0.2) is 0 Å². The largest absolute Gasteiger partial charge is 0.417 e. The second-order valence-corrected chi connectivity index (χ2v) is 6.93. The van der Waals surface area contributed by atoms with E-state index < -0.39 is 17.6 Å². The second-order valence-electron chi connectivity index (χ2n) is 6.07. The van der Waals surface area contributed by atoms with Gasteiger partial charge in [-0.05, 0) is 35.9 Å². The Morgan fingerprint density at radius 2 is 1.97 bits per heavy atom. The molecule has 3 N–H and O–H groups in total. The van der Waals surface area contributed by atoms with Crippen molar-refractivity contribution in [3.8, 4) is 0 Å². The Balaban J connectivity index is 1.93. The number of benzene rings is 1.